The molecular weight excluding hydrogens is 447 g/mol. The maximum Gasteiger partial charge on any atom is 0.573 e. The number of carbonyl (C=O) groups is 1. The molecule has 1 amide bonds. The zero-order chi connectivity index (χ0) is 24.1. The summed E-state index contributed by atoms with van der Waals surface area (Å²) in [6, 6.07) is 15.4. The molecule has 0 fully saturated rings. The van der Waals surface area contributed by atoms with Crippen molar-refractivity contribution in [2.45, 2.75) is 13.3 Å². The van der Waals surface area contributed by atoms with Crippen LogP contribution in [0.25, 0.3) is 0 Å². The van der Waals surface area contributed by atoms with Gasteiger partial charge in [0.2, 0.25) is 5.95 Å². The number of anilines is 4. The van der Waals surface area contributed by atoms with E-state index < -0.39 is 18.0 Å². The third-order valence-electron chi connectivity index (χ3n) is 4.71. The van der Waals surface area contributed by atoms with Gasteiger partial charge in [0, 0.05) is 29.8 Å². The number of aryl methyl sites for hydroxylation is 1. The lowest BCUT2D eigenvalue weighted by Gasteiger charge is -2.24. The molecule has 0 aliphatic rings. The van der Waals surface area contributed by atoms with Crippen LogP contribution in [0.5, 0.6) is 5.75 Å². The molecule has 2 aromatic heterocycles. The first-order valence-electron chi connectivity index (χ1n) is 10.1. The van der Waals surface area contributed by atoms with Crippen LogP contribution in [-0.2, 0) is 0 Å². The van der Waals surface area contributed by atoms with E-state index in [1.165, 1.54) is 12.1 Å². The van der Waals surface area contributed by atoms with Crippen LogP contribution in [0.3, 0.4) is 0 Å². The van der Waals surface area contributed by atoms with E-state index in [1.54, 1.807) is 54.0 Å². The molecule has 2 aromatic carbocycles. The van der Waals surface area contributed by atoms with Crippen LogP contribution in [0.4, 0.5) is 36.2 Å². The lowest BCUT2D eigenvalue weighted by molar-refractivity contribution is -0.274. The van der Waals surface area contributed by atoms with E-state index in [2.05, 4.69) is 25.0 Å². The van der Waals surface area contributed by atoms with Crippen LogP contribution in [0.15, 0.2) is 85.5 Å². The third kappa shape index (κ3) is 5.47. The second-order valence-electron chi connectivity index (χ2n) is 7.12. The van der Waals surface area contributed by atoms with E-state index in [-0.39, 0.29) is 5.56 Å². The summed E-state index contributed by atoms with van der Waals surface area (Å²) in [6.07, 6.45) is 1.77. The zero-order valence-electron chi connectivity index (χ0n) is 17.8. The quantitative estimate of drug-likeness (QED) is 0.388. The largest absolute Gasteiger partial charge is 0.573 e. The number of rotatable bonds is 6. The number of amides is 1. The Labute approximate surface area is 192 Å². The monoisotopic (exact) mass is 465 g/mol. The Kier molecular flexibility index (Phi) is 6.39. The number of pyridine rings is 1. The summed E-state index contributed by atoms with van der Waals surface area (Å²) in [5, 5.41) is 2.77. The topological polar surface area (TPSA) is 80.2 Å². The minimum Gasteiger partial charge on any atom is -0.406 e. The van der Waals surface area contributed by atoms with Gasteiger partial charge in [0.25, 0.3) is 5.91 Å². The van der Waals surface area contributed by atoms with E-state index in [4.69, 9.17) is 0 Å². The van der Waals surface area contributed by atoms with Gasteiger partial charge < -0.3 is 10.1 Å². The van der Waals surface area contributed by atoms with Gasteiger partial charge >= 0.3 is 6.36 Å². The number of benzene rings is 2. The SMILES string of the molecule is Cc1ccc(NC(=O)c2ccc(OC(F)(F)F)cc2)cc1N(c1cccnc1)c1ncccn1. The highest BCUT2D eigenvalue weighted by Gasteiger charge is 2.31. The summed E-state index contributed by atoms with van der Waals surface area (Å²) >= 11 is 0. The smallest absolute Gasteiger partial charge is 0.406 e. The molecule has 10 heteroatoms. The maximum absolute atomic E-state index is 12.7. The molecular formula is C24H18F3N5O2. The van der Waals surface area contributed by atoms with E-state index in [9.17, 15) is 18.0 Å². The van der Waals surface area contributed by atoms with Gasteiger partial charge in [-0.25, -0.2) is 9.97 Å². The highest BCUT2D eigenvalue weighted by Crippen LogP contribution is 2.35. The van der Waals surface area contributed by atoms with Crippen molar-refractivity contribution in [3.05, 3.63) is 96.6 Å². The van der Waals surface area contributed by atoms with Crippen molar-refractivity contribution in [2.75, 3.05) is 10.2 Å². The Hall–Kier alpha value is -4.47. The number of alkyl halides is 3. The van der Waals surface area contributed by atoms with Crippen molar-refractivity contribution in [3.8, 4) is 5.75 Å². The standard InChI is InChI=1S/C24H18F3N5O2/c1-16-5-8-18(31-22(33)17-6-9-20(10-7-17)34-24(25,26)27)14-21(16)32(19-4-2-11-28-15-19)23-29-12-3-13-30-23/h2-15H,1H3,(H,31,33). The molecule has 0 aliphatic carbocycles. The number of nitrogens with one attached hydrogen (secondary N) is 1. The number of nitrogens with zero attached hydrogens (tertiary/aromatic N) is 4. The molecule has 0 saturated heterocycles. The molecule has 0 bridgehead atoms. The second-order valence-corrected chi connectivity index (χ2v) is 7.12. The number of ether oxygens (including phenoxy) is 1. The maximum atomic E-state index is 12.7. The van der Waals surface area contributed by atoms with E-state index >= 15 is 0 Å². The number of hydrogen-bond acceptors (Lipinski definition) is 6. The highest BCUT2D eigenvalue weighted by atomic mass is 19.4. The van der Waals surface area contributed by atoms with E-state index in [0.29, 0.717) is 17.3 Å². The van der Waals surface area contributed by atoms with Crippen LogP contribution in [0.1, 0.15) is 15.9 Å². The molecule has 0 atom stereocenters. The van der Waals surface area contributed by atoms with Gasteiger partial charge in [-0.1, -0.05) is 6.07 Å². The van der Waals surface area contributed by atoms with Crippen LogP contribution in [0, 0.1) is 6.92 Å². The van der Waals surface area contributed by atoms with Gasteiger partial charge in [-0.05, 0) is 67.1 Å². The summed E-state index contributed by atoms with van der Waals surface area (Å²) in [5.41, 5.74) is 2.98. The molecule has 0 radical (unpaired) electrons. The van der Waals surface area contributed by atoms with Crippen molar-refractivity contribution in [1.82, 2.24) is 15.0 Å². The molecule has 0 aliphatic heterocycles. The number of halogens is 3. The normalized spacial score (nSPS) is 11.1. The fraction of sp³-hybridized carbons (Fsp3) is 0.0833. The average Bonchev–Trinajstić information content (AvgIpc) is 2.82. The molecule has 1 N–H and O–H groups in total. The second kappa shape index (κ2) is 9.57. The van der Waals surface area contributed by atoms with Gasteiger partial charge in [-0.3, -0.25) is 14.7 Å². The fourth-order valence-electron chi connectivity index (χ4n) is 3.19. The Morgan fingerprint density at radius 2 is 1.71 bits per heavy atom. The Balaban J connectivity index is 1.62. The molecule has 0 unspecified atom stereocenters. The average molecular weight is 465 g/mol. The van der Waals surface area contributed by atoms with Crippen LogP contribution < -0.4 is 15.0 Å². The number of carbonyl (C=O) groups excluding carboxylic acids is 1. The van der Waals surface area contributed by atoms with E-state index in [0.717, 1.165) is 23.4 Å². The molecule has 0 saturated carbocycles. The fourth-order valence-corrected chi connectivity index (χ4v) is 3.19. The van der Waals surface area contributed by atoms with Crippen LogP contribution >= 0.6 is 0 Å². The predicted molar refractivity (Wildman–Crippen MR) is 120 cm³/mol. The molecule has 7 nitrogen and oxygen atoms in total. The molecule has 0 spiro atoms. The lowest BCUT2D eigenvalue weighted by Crippen LogP contribution is -2.17. The van der Waals surface area contributed by atoms with Crippen molar-refractivity contribution in [1.29, 1.82) is 0 Å². The van der Waals surface area contributed by atoms with Gasteiger partial charge in [-0.2, -0.15) is 0 Å². The van der Waals surface area contributed by atoms with Crippen molar-refractivity contribution in [3.63, 3.8) is 0 Å². The molecule has 172 valence electrons. The van der Waals surface area contributed by atoms with Crippen molar-refractivity contribution >= 4 is 28.9 Å². The summed E-state index contributed by atoms with van der Waals surface area (Å²) in [4.78, 5) is 27.4. The minimum atomic E-state index is -4.80. The minimum absolute atomic E-state index is 0.173. The first-order chi connectivity index (χ1) is 16.3. The summed E-state index contributed by atoms with van der Waals surface area (Å²) in [5.74, 6) is -0.476. The Bertz CT molecular complexity index is 1230. The van der Waals surface area contributed by atoms with Crippen LogP contribution in [0.2, 0.25) is 0 Å². The third-order valence-corrected chi connectivity index (χ3v) is 4.71. The van der Waals surface area contributed by atoms with Gasteiger partial charge in [0.05, 0.1) is 17.6 Å². The summed E-state index contributed by atoms with van der Waals surface area (Å²) in [7, 11) is 0. The molecule has 4 aromatic rings. The predicted octanol–water partition coefficient (Wildman–Crippen LogP) is 5.80. The first kappa shape index (κ1) is 22.7. The number of hydrogen-bond donors (Lipinski definition) is 1. The first-order valence-corrected chi connectivity index (χ1v) is 10.1. The highest BCUT2D eigenvalue weighted by molar-refractivity contribution is 6.04. The molecule has 4 rings (SSSR count). The lowest BCUT2D eigenvalue weighted by atomic mass is 10.1. The molecule has 2 heterocycles. The Morgan fingerprint density at radius 1 is 0.971 bits per heavy atom. The van der Waals surface area contributed by atoms with Crippen LogP contribution in [-0.4, -0.2) is 27.2 Å². The van der Waals surface area contributed by atoms with Gasteiger partial charge in [0.1, 0.15) is 5.75 Å². The van der Waals surface area contributed by atoms with E-state index in [1.807, 2.05) is 19.1 Å². The summed E-state index contributed by atoms with van der Waals surface area (Å²) < 4.78 is 40.9. The zero-order valence-corrected chi connectivity index (χ0v) is 17.8. The number of aromatic nitrogens is 3. The van der Waals surface area contributed by atoms with Gasteiger partial charge in [0.15, 0.2) is 0 Å². The summed E-state index contributed by atoms with van der Waals surface area (Å²) in [6.45, 7) is 1.91. The van der Waals surface area contributed by atoms with Crippen molar-refractivity contribution < 1.29 is 22.7 Å². The van der Waals surface area contributed by atoms with Crippen molar-refractivity contribution in [2.24, 2.45) is 0 Å². The molecule has 34 heavy (non-hydrogen) atoms. The Morgan fingerprint density at radius 3 is 2.35 bits per heavy atom. The van der Waals surface area contributed by atoms with Gasteiger partial charge in [-0.15, -0.1) is 13.2 Å².